The van der Waals surface area contributed by atoms with Crippen molar-refractivity contribution in [2.45, 2.75) is 58.3 Å². The minimum Gasteiger partial charge on any atom is -0.395 e. The molecule has 4 rings (SSSR count). The lowest BCUT2D eigenvalue weighted by Gasteiger charge is -2.58. The summed E-state index contributed by atoms with van der Waals surface area (Å²) >= 11 is 0. The van der Waals surface area contributed by atoms with Crippen LogP contribution in [0.3, 0.4) is 0 Å². The number of ketones is 1. The summed E-state index contributed by atoms with van der Waals surface area (Å²) < 4.78 is 0. The summed E-state index contributed by atoms with van der Waals surface area (Å²) in [5.74, 6) is 5.72. The lowest BCUT2D eigenvalue weighted by atomic mass is 9.46. The SMILES string of the molecule is C#C[C@H]1CCC2C3CCC4=CC(=O)CC[C@]4(CO)C3CC[C@@]21C. The molecule has 0 spiro atoms. The molecule has 0 bridgehead atoms. The first-order valence-electron chi connectivity index (χ1n) is 9.36. The third kappa shape index (κ3) is 1.96. The van der Waals surface area contributed by atoms with Crippen LogP contribution in [-0.2, 0) is 4.79 Å². The second kappa shape index (κ2) is 5.21. The van der Waals surface area contributed by atoms with Gasteiger partial charge in [-0.25, -0.2) is 0 Å². The fraction of sp³-hybridized carbons (Fsp3) is 0.762. The van der Waals surface area contributed by atoms with Gasteiger partial charge in [0.1, 0.15) is 0 Å². The van der Waals surface area contributed by atoms with Gasteiger partial charge in [0.25, 0.3) is 0 Å². The van der Waals surface area contributed by atoms with Gasteiger partial charge in [0.15, 0.2) is 5.78 Å². The second-order valence-electron chi connectivity index (χ2n) is 8.71. The molecule has 3 saturated carbocycles. The molecule has 2 nitrogen and oxygen atoms in total. The number of fused-ring (bicyclic) bond motifs is 5. The third-order valence-electron chi connectivity index (χ3n) is 8.17. The number of aliphatic hydroxyl groups excluding tert-OH is 1. The number of terminal acetylenes is 1. The van der Waals surface area contributed by atoms with Crippen LogP contribution in [0.1, 0.15) is 58.3 Å². The number of aliphatic hydroxyl groups is 1. The maximum Gasteiger partial charge on any atom is 0.155 e. The van der Waals surface area contributed by atoms with Crippen LogP contribution in [-0.4, -0.2) is 17.5 Å². The zero-order chi connectivity index (χ0) is 16.2. The molecule has 4 aliphatic rings. The zero-order valence-corrected chi connectivity index (χ0v) is 14.2. The Balaban J connectivity index is 1.71. The number of hydrogen-bond acceptors (Lipinski definition) is 2. The maximum absolute atomic E-state index is 11.9. The summed E-state index contributed by atoms with van der Waals surface area (Å²) in [5, 5.41) is 10.3. The molecule has 0 aromatic heterocycles. The van der Waals surface area contributed by atoms with E-state index in [9.17, 15) is 9.90 Å². The molecule has 3 fully saturated rings. The molecule has 0 saturated heterocycles. The van der Waals surface area contributed by atoms with E-state index in [-0.39, 0.29) is 17.8 Å². The molecule has 3 unspecified atom stereocenters. The summed E-state index contributed by atoms with van der Waals surface area (Å²) in [4.78, 5) is 11.9. The molecule has 0 aromatic carbocycles. The van der Waals surface area contributed by atoms with Gasteiger partial charge in [-0.05, 0) is 74.2 Å². The fourth-order valence-corrected chi connectivity index (χ4v) is 6.93. The van der Waals surface area contributed by atoms with E-state index in [1.165, 1.54) is 37.7 Å². The highest BCUT2D eigenvalue weighted by Crippen LogP contribution is 2.66. The Labute approximate surface area is 139 Å². The topological polar surface area (TPSA) is 37.3 Å². The average molecular weight is 312 g/mol. The largest absolute Gasteiger partial charge is 0.395 e. The van der Waals surface area contributed by atoms with Gasteiger partial charge < -0.3 is 5.11 Å². The van der Waals surface area contributed by atoms with Gasteiger partial charge in [-0.1, -0.05) is 12.5 Å². The summed E-state index contributed by atoms with van der Waals surface area (Å²) in [7, 11) is 0. The van der Waals surface area contributed by atoms with E-state index in [4.69, 9.17) is 6.42 Å². The van der Waals surface area contributed by atoms with E-state index in [0.29, 0.717) is 35.5 Å². The van der Waals surface area contributed by atoms with Crippen LogP contribution in [0.5, 0.6) is 0 Å². The predicted octanol–water partition coefficient (Wildman–Crippen LogP) is 3.74. The molecule has 0 heterocycles. The quantitative estimate of drug-likeness (QED) is 0.749. The van der Waals surface area contributed by atoms with Gasteiger partial charge in [0, 0.05) is 17.8 Å². The Morgan fingerprint density at radius 2 is 2.04 bits per heavy atom. The fourth-order valence-electron chi connectivity index (χ4n) is 6.93. The van der Waals surface area contributed by atoms with Crippen LogP contribution in [0.2, 0.25) is 0 Å². The molecule has 23 heavy (non-hydrogen) atoms. The first-order valence-corrected chi connectivity index (χ1v) is 9.36. The number of carbonyl (C=O) groups excluding carboxylic acids is 1. The minimum absolute atomic E-state index is 0.105. The molecule has 6 atom stereocenters. The van der Waals surface area contributed by atoms with Crippen LogP contribution in [0.25, 0.3) is 0 Å². The normalized spacial score (nSPS) is 48.7. The summed E-state index contributed by atoms with van der Waals surface area (Å²) in [6.45, 7) is 2.64. The van der Waals surface area contributed by atoms with Crippen molar-refractivity contribution in [3.63, 3.8) is 0 Å². The van der Waals surface area contributed by atoms with Gasteiger partial charge in [-0.3, -0.25) is 4.79 Å². The van der Waals surface area contributed by atoms with Crippen molar-refractivity contribution in [2.24, 2.45) is 34.5 Å². The van der Waals surface area contributed by atoms with Crippen LogP contribution >= 0.6 is 0 Å². The van der Waals surface area contributed by atoms with Gasteiger partial charge in [-0.2, -0.15) is 0 Å². The molecule has 2 heteroatoms. The Hall–Kier alpha value is -1.07. The Morgan fingerprint density at radius 3 is 2.78 bits per heavy atom. The smallest absolute Gasteiger partial charge is 0.155 e. The Kier molecular flexibility index (Phi) is 3.50. The maximum atomic E-state index is 11.9. The Bertz CT molecular complexity index is 597. The first-order chi connectivity index (χ1) is 11.0. The van der Waals surface area contributed by atoms with E-state index >= 15 is 0 Å². The van der Waals surface area contributed by atoms with Crippen LogP contribution < -0.4 is 0 Å². The number of hydrogen-bond donors (Lipinski definition) is 1. The van der Waals surface area contributed by atoms with E-state index in [0.717, 1.165) is 12.8 Å². The van der Waals surface area contributed by atoms with Crippen molar-refractivity contribution in [1.29, 1.82) is 0 Å². The minimum atomic E-state index is -0.105. The lowest BCUT2D eigenvalue weighted by Crippen LogP contribution is -2.52. The number of carbonyl (C=O) groups is 1. The van der Waals surface area contributed by atoms with Crippen molar-refractivity contribution < 1.29 is 9.90 Å². The van der Waals surface area contributed by atoms with Crippen LogP contribution in [0.4, 0.5) is 0 Å². The van der Waals surface area contributed by atoms with Crippen molar-refractivity contribution in [3.05, 3.63) is 11.6 Å². The first kappa shape index (κ1) is 15.5. The molecule has 0 radical (unpaired) electrons. The molecule has 0 amide bonds. The molecule has 0 aliphatic heterocycles. The van der Waals surface area contributed by atoms with E-state index < -0.39 is 0 Å². The molecule has 124 valence electrons. The molecular weight excluding hydrogens is 284 g/mol. The van der Waals surface area contributed by atoms with Crippen LogP contribution in [0.15, 0.2) is 11.6 Å². The highest BCUT2D eigenvalue weighted by Gasteiger charge is 2.59. The Morgan fingerprint density at radius 1 is 1.22 bits per heavy atom. The molecule has 0 aromatic rings. The lowest BCUT2D eigenvalue weighted by molar-refractivity contribution is -0.119. The van der Waals surface area contributed by atoms with Gasteiger partial charge in [-0.15, -0.1) is 12.3 Å². The molecule has 1 N–H and O–H groups in total. The monoisotopic (exact) mass is 312 g/mol. The average Bonchev–Trinajstić information content (AvgIpc) is 2.90. The summed E-state index contributed by atoms with van der Waals surface area (Å²) in [5.41, 5.74) is 1.46. The summed E-state index contributed by atoms with van der Waals surface area (Å²) in [6, 6.07) is 0. The molecular formula is C21H28O2. The van der Waals surface area contributed by atoms with Crippen molar-refractivity contribution in [3.8, 4) is 12.3 Å². The molecule has 4 aliphatic carbocycles. The standard InChI is InChI=1S/C21H28O2/c1-3-14-5-7-18-17-6-4-15-12-16(23)8-11-21(15,13-22)19(17)9-10-20(14,18)2/h1,12,14,17-19,22H,4-11,13H2,2H3/t14-,17?,18?,19?,20+,21+/m0/s1. The van der Waals surface area contributed by atoms with Gasteiger partial charge in [0.2, 0.25) is 0 Å². The van der Waals surface area contributed by atoms with Gasteiger partial charge in [0.05, 0.1) is 6.61 Å². The highest BCUT2D eigenvalue weighted by atomic mass is 16.3. The zero-order valence-electron chi connectivity index (χ0n) is 14.2. The van der Waals surface area contributed by atoms with Crippen molar-refractivity contribution in [2.75, 3.05) is 6.61 Å². The third-order valence-corrected chi connectivity index (χ3v) is 8.17. The second-order valence-corrected chi connectivity index (χ2v) is 8.71. The predicted molar refractivity (Wildman–Crippen MR) is 90.4 cm³/mol. The summed E-state index contributed by atoms with van der Waals surface area (Å²) in [6.07, 6.45) is 16.2. The van der Waals surface area contributed by atoms with Crippen LogP contribution in [0, 0.1) is 46.8 Å². The van der Waals surface area contributed by atoms with Crippen molar-refractivity contribution >= 4 is 5.78 Å². The van der Waals surface area contributed by atoms with Crippen molar-refractivity contribution in [1.82, 2.24) is 0 Å². The van der Waals surface area contributed by atoms with E-state index in [1.54, 1.807) is 0 Å². The number of rotatable bonds is 1. The van der Waals surface area contributed by atoms with E-state index in [2.05, 4.69) is 12.8 Å². The van der Waals surface area contributed by atoms with Gasteiger partial charge >= 0.3 is 0 Å². The van der Waals surface area contributed by atoms with E-state index in [1.807, 2.05) is 6.08 Å². The highest BCUT2D eigenvalue weighted by molar-refractivity contribution is 5.91.